The molecule has 8 nitrogen and oxygen atoms in total. The van der Waals surface area contributed by atoms with E-state index in [4.69, 9.17) is 16.3 Å². The molecule has 1 unspecified atom stereocenters. The number of halogens is 2. The van der Waals surface area contributed by atoms with Gasteiger partial charge in [0.05, 0.1) is 18.9 Å². The van der Waals surface area contributed by atoms with E-state index in [2.05, 4.69) is 20.7 Å². The molecule has 0 fully saturated rings. The summed E-state index contributed by atoms with van der Waals surface area (Å²) in [5, 5.41) is 22.7. The Kier molecular flexibility index (Phi) is 7.97. The number of nitrogens with zero attached hydrogens (tertiary/aromatic N) is 3. The van der Waals surface area contributed by atoms with Gasteiger partial charge in [0.15, 0.2) is 11.1 Å². The second kappa shape index (κ2) is 10.9. The summed E-state index contributed by atoms with van der Waals surface area (Å²) in [6, 6.07) is 12.8. The molecular weight excluding hydrogens is 461 g/mol. The van der Waals surface area contributed by atoms with Crippen molar-refractivity contribution < 1.29 is 18.7 Å². The van der Waals surface area contributed by atoms with E-state index >= 15 is 0 Å². The molecule has 0 aliphatic rings. The first-order valence-corrected chi connectivity index (χ1v) is 10.9. The highest BCUT2D eigenvalue weighted by atomic mass is 35.5. The monoisotopic (exact) mass is 483 g/mol. The molecule has 10 heteroatoms. The fraction of sp³-hybridized carbons (Fsp3) is 0.292. The number of aromatic nitrogens is 3. The Morgan fingerprint density at radius 1 is 1.29 bits per heavy atom. The third-order valence-electron chi connectivity index (χ3n) is 5.29. The molecule has 3 rings (SSSR count). The number of hydrogen-bond donors (Lipinski definition) is 2. The molecule has 34 heavy (non-hydrogen) atoms. The van der Waals surface area contributed by atoms with E-state index in [0.717, 1.165) is 5.56 Å². The number of nitriles is 1. The second-order valence-electron chi connectivity index (χ2n) is 7.92. The first-order valence-electron chi connectivity index (χ1n) is 10.5. The van der Waals surface area contributed by atoms with E-state index in [9.17, 15) is 19.2 Å². The number of ether oxygens (including phenoxy) is 1. The molecule has 3 aromatic rings. The predicted octanol–water partition coefficient (Wildman–Crippen LogP) is 4.09. The smallest absolute Gasteiger partial charge is 0.326 e. The lowest BCUT2D eigenvalue weighted by Gasteiger charge is -2.26. The zero-order valence-corrected chi connectivity index (χ0v) is 19.4. The van der Waals surface area contributed by atoms with Crippen molar-refractivity contribution in [1.82, 2.24) is 20.7 Å². The molecule has 2 N–H and O–H groups in total. The van der Waals surface area contributed by atoms with Gasteiger partial charge in [-0.15, -0.1) is 0 Å². The zero-order chi connectivity index (χ0) is 24.7. The number of aromatic amines is 1. The first kappa shape index (κ1) is 24.9. The van der Waals surface area contributed by atoms with Gasteiger partial charge in [-0.05, 0) is 56.0 Å². The van der Waals surface area contributed by atoms with Gasteiger partial charge in [-0.1, -0.05) is 35.9 Å². The minimum absolute atomic E-state index is 0.0105. The SMILES string of the molecule is CCOC(=O)C(C)(C#N)C[C@@H](Cc1ccc(-c2cc(Cl)ccc2F)cc1)NC(=O)c1cn[nH]n1. The Balaban J connectivity index is 1.84. The summed E-state index contributed by atoms with van der Waals surface area (Å²) >= 11 is 6.00. The summed E-state index contributed by atoms with van der Waals surface area (Å²) in [5.41, 5.74) is 0.420. The Bertz CT molecular complexity index is 1190. The highest BCUT2D eigenvalue weighted by Crippen LogP contribution is 2.28. The maximum atomic E-state index is 14.2. The highest BCUT2D eigenvalue weighted by molar-refractivity contribution is 6.30. The predicted molar refractivity (Wildman–Crippen MR) is 123 cm³/mol. The molecule has 0 spiro atoms. The van der Waals surface area contributed by atoms with Crippen molar-refractivity contribution in [3.63, 3.8) is 0 Å². The van der Waals surface area contributed by atoms with E-state index in [-0.39, 0.29) is 18.7 Å². The molecule has 0 bridgehead atoms. The molecular formula is C24H23ClFN5O3. The molecule has 1 heterocycles. The Morgan fingerprint density at radius 2 is 2.03 bits per heavy atom. The molecule has 0 aliphatic carbocycles. The van der Waals surface area contributed by atoms with Crippen molar-refractivity contribution in [2.24, 2.45) is 5.41 Å². The lowest BCUT2D eigenvalue weighted by molar-refractivity contribution is -0.151. The molecule has 2 aromatic carbocycles. The van der Waals surface area contributed by atoms with Gasteiger partial charge in [0.25, 0.3) is 5.91 Å². The van der Waals surface area contributed by atoms with Crippen LogP contribution in [0.15, 0.2) is 48.7 Å². The van der Waals surface area contributed by atoms with Crippen LogP contribution in [-0.4, -0.2) is 39.9 Å². The topological polar surface area (TPSA) is 121 Å². The van der Waals surface area contributed by atoms with E-state index in [1.165, 1.54) is 25.3 Å². The van der Waals surface area contributed by atoms with Crippen LogP contribution in [0.3, 0.4) is 0 Å². The third-order valence-corrected chi connectivity index (χ3v) is 5.52. The van der Waals surface area contributed by atoms with Crippen LogP contribution >= 0.6 is 11.6 Å². The number of nitrogens with one attached hydrogen (secondary N) is 2. The summed E-state index contributed by atoms with van der Waals surface area (Å²) in [6.45, 7) is 3.27. The van der Waals surface area contributed by atoms with Crippen molar-refractivity contribution in [1.29, 1.82) is 5.26 Å². The maximum Gasteiger partial charge on any atom is 0.326 e. The van der Waals surface area contributed by atoms with E-state index in [1.54, 1.807) is 37.3 Å². The normalized spacial score (nSPS) is 13.4. The van der Waals surface area contributed by atoms with Crippen molar-refractivity contribution in [3.05, 3.63) is 70.8 Å². The summed E-state index contributed by atoms with van der Waals surface area (Å²) in [6.07, 6.45) is 1.59. The van der Waals surface area contributed by atoms with Crippen molar-refractivity contribution >= 4 is 23.5 Å². The number of esters is 1. The Morgan fingerprint density at radius 3 is 2.65 bits per heavy atom. The van der Waals surface area contributed by atoms with E-state index < -0.39 is 29.2 Å². The molecule has 1 aromatic heterocycles. The fourth-order valence-corrected chi connectivity index (χ4v) is 3.70. The third kappa shape index (κ3) is 5.97. The number of rotatable bonds is 9. The van der Waals surface area contributed by atoms with Gasteiger partial charge in [0.1, 0.15) is 5.82 Å². The largest absolute Gasteiger partial charge is 0.465 e. The molecule has 2 atom stereocenters. The van der Waals surface area contributed by atoms with Crippen molar-refractivity contribution in [3.8, 4) is 17.2 Å². The molecule has 0 saturated heterocycles. The lowest BCUT2D eigenvalue weighted by Crippen LogP contribution is -2.42. The standard InChI is InChI=1S/C24H23ClFN5O3/c1-3-34-23(33)24(2,14-27)12-18(29-22(32)21-13-28-31-30-21)10-15-4-6-16(7-5-15)19-11-17(25)8-9-20(19)26/h4-9,11,13,18H,3,10,12H2,1-2H3,(H,29,32)(H,28,30,31)/t18-,24?/m1/s1. The molecule has 0 aliphatic heterocycles. The first-order chi connectivity index (χ1) is 16.3. The average molecular weight is 484 g/mol. The second-order valence-corrected chi connectivity index (χ2v) is 8.36. The minimum Gasteiger partial charge on any atom is -0.465 e. The van der Waals surface area contributed by atoms with Gasteiger partial charge in [0.2, 0.25) is 0 Å². The van der Waals surface area contributed by atoms with Crippen LogP contribution in [0.5, 0.6) is 0 Å². The van der Waals surface area contributed by atoms with Gasteiger partial charge in [-0.2, -0.15) is 20.7 Å². The fourth-order valence-electron chi connectivity index (χ4n) is 3.53. The summed E-state index contributed by atoms with van der Waals surface area (Å²) in [7, 11) is 0. The Hall–Kier alpha value is -3.77. The molecule has 176 valence electrons. The summed E-state index contributed by atoms with van der Waals surface area (Å²) in [4.78, 5) is 25.0. The van der Waals surface area contributed by atoms with Gasteiger partial charge in [-0.3, -0.25) is 9.59 Å². The van der Waals surface area contributed by atoms with Crippen molar-refractivity contribution in [2.75, 3.05) is 6.61 Å². The molecule has 0 saturated carbocycles. The van der Waals surface area contributed by atoms with Crippen LogP contribution in [0.25, 0.3) is 11.1 Å². The lowest BCUT2D eigenvalue weighted by atomic mass is 9.83. The minimum atomic E-state index is -1.47. The molecule has 0 radical (unpaired) electrons. The van der Waals surface area contributed by atoms with Crippen molar-refractivity contribution in [2.45, 2.75) is 32.7 Å². The van der Waals surface area contributed by atoms with E-state index in [1.807, 2.05) is 6.07 Å². The van der Waals surface area contributed by atoms with Crippen LogP contribution in [-0.2, 0) is 16.0 Å². The highest BCUT2D eigenvalue weighted by Gasteiger charge is 2.38. The number of hydrogen-bond acceptors (Lipinski definition) is 6. The number of amides is 1. The summed E-state index contributed by atoms with van der Waals surface area (Å²) in [5.74, 6) is -1.56. The summed E-state index contributed by atoms with van der Waals surface area (Å²) < 4.78 is 19.3. The van der Waals surface area contributed by atoms with Crippen LogP contribution in [0, 0.1) is 22.6 Å². The Labute approximate surface area is 201 Å². The van der Waals surface area contributed by atoms with Crippen LogP contribution in [0.4, 0.5) is 4.39 Å². The van der Waals surface area contributed by atoms with E-state index in [0.29, 0.717) is 22.6 Å². The zero-order valence-electron chi connectivity index (χ0n) is 18.6. The number of carbonyl (C=O) groups excluding carboxylic acids is 2. The van der Waals surface area contributed by atoms with Gasteiger partial charge in [0, 0.05) is 16.6 Å². The van der Waals surface area contributed by atoms with Crippen LogP contribution < -0.4 is 5.32 Å². The average Bonchev–Trinajstić information content (AvgIpc) is 3.36. The van der Waals surface area contributed by atoms with Crippen LogP contribution in [0.2, 0.25) is 5.02 Å². The number of benzene rings is 2. The van der Waals surface area contributed by atoms with Crippen LogP contribution in [0.1, 0.15) is 36.3 Å². The quantitative estimate of drug-likeness (QED) is 0.442. The van der Waals surface area contributed by atoms with Gasteiger partial charge < -0.3 is 10.1 Å². The number of H-pyrrole nitrogens is 1. The number of carbonyl (C=O) groups is 2. The maximum absolute atomic E-state index is 14.2. The van der Waals surface area contributed by atoms with Gasteiger partial charge >= 0.3 is 5.97 Å². The van der Waals surface area contributed by atoms with Gasteiger partial charge in [-0.25, -0.2) is 4.39 Å². The molecule has 1 amide bonds.